The van der Waals surface area contributed by atoms with E-state index in [0.717, 1.165) is 18.0 Å². The zero-order valence-electron chi connectivity index (χ0n) is 11.6. The second-order valence-corrected chi connectivity index (χ2v) is 5.66. The van der Waals surface area contributed by atoms with Crippen molar-refractivity contribution in [3.63, 3.8) is 0 Å². The summed E-state index contributed by atoms with van der Waals surface area (Å²) < 4.78 is 0. The van der Waals surface area contributed by atoms with Crippen molar-refractivity contribution in [2.45, 2.75) is 45.2 Å². The summed E-state index contributed by atoms with van der Waals surface area (Å²) in [5, 5.41) is 4.95. The quantitative estimate of drug-likeness (QED) is 0.895. The van der Waals surface area contributed by atoms with Crippen LogP contribution in [0, 0.1) is 5.92 Å². The second-order valence-electron chi connectivity index (χ2n) is 5.66. The van der Waals surface area contributed by atoms with Gasteiger partial charge in [0, 0.05) is 24.2 Å². The number of nitrogens with one attached hydrogen (secondary N) is 1. The molecular formula is C17H22N2. The van der Waals surface area contributed by atoms with Crippen molar-refractivity contribution in [3.05, 3.63) is 42.1 Å². The number of hydrogen-bond donors (Lipinski definition) is 1. The van der Waals surface area contributed by atoms with Gasteiger partial charge in [-0.2, -0.15) is 0 Å². The van der Waals surface area contributed by atoms with E-state index in [4.69, 9.17) is 0 Å². The first-order chi connectivity index (χ1) is 9.36. The summed E-state index contributed by atoms with van der Waals surface area (Å²) in [5.41, 5.74) is 2.46. The lowest BCUT2D eigenvalue weighted by molar-refractivity contribution is 0.477. The van der Waals surface area contributed by atoms with Crippen molar-refractivity contribution >= 4 is 10.9 Å². The Kier molecular flexibility index (Phi) is 3.79. The molecule has 1 aromatic carbocycles. The average Bonchev–Trinajstić information content (AvgIpc) is 2.93. The highest BCUT2D eigenvalue weighted by Gasteiger charge is 2.22. The summed E-state index contributed by atoms with van der Waals surface area (Å²) >= 11 is 0. The van der Waals surface area contributed by atoms with E-state index in [0.29, 0.717) is 6.04 Å². The van der Waals surface area contributed by atoms with Crippen molar-refractivity contribution in [3.8, 4) is 0 Å². The van der Waals surface area contributed by atoms with Gasteiger partial charge in [-0.25, -0.2) is 0 Å². The Balaban J connectivity index is 1.69. The van der Waals surface area contributed by atoms with E-state index in [1.807, 2.05) is 12.3 Å². The van der Waals surface area contributed by atoms with Crippen molar-refractivity contribution in [1.29, 1.82) is 0 Å². The van der Waals surface area contributed by atoms with Gasteiger partial charge in [-0.05, 0) is 36.8 Å². The molecular weight excluding hydrogens is 232 g/mol. The normalized spacial score (nSPS) is 23.0. The second kappa shape index (κ2) is 5.70. The van der Waals surface area contributed by atoms with Gasteiger partial charge in [-0.3, -0.25) is 4.98 Å². The maximum absolute atomic E-state index is 4.52. The summed E-state index contributed by atoms with van der Waals surface area (Å²) in [6.45, 7) is 3.25. The fourth-order valence-corrected chi connectivity index (χ4v) is 3.20. The lowest BCUT2D eigenvalue weighted by atomic mass is 10.1. The Labute approximate surface area is 115 Å². The fourth-order valence-electron chi connectivity index (χ4n) is 3.20. The van der Waals surface area contributed by atoms with Crippen LogP contribution in [0.3, 0.4) is 0 Å². The molecule has 1 heterocycles. The van der Waals surface area contributed by atoms with Gasteiger partial charge < -0.3 is 5.32 Å². The third-order valence-corrected chi connectivity index (χ3v) is 4.42. The number of nitrogens with zero attached hydrogens (tertiary/aromatic N) is 1. The van der Waals surface area contributed by atoms with Gasteiger partial charge >= 0.3 is 0 Å². The van der Waals surface area contributed by atoms with Crippen LogP contribution in [0.1, 0.15) is 38.2 Å². The Morgan fingerprint density at radius 2 is 2.11 bits per heavy atom. The van der Waals surface area contributed by atoms with Crippen LogP contribution in [0.4, 0.5) is 0 Å². The maximum Gasteiger partial charge on any atom is 0.0746 e. The zero-order chi connectivity index (χ0) is 13.1. The number of benzene rings is 1. The molecule has 0 aliphatic heterocycles. The van der Waals surface area contributed by atoms with E-state index in [1.54, 1.807) is 0 Å². The molecule has 19 heavy (non-hydrogen) atoms. The number of hydrogen-bond acceptors (Lipinski definition) is 2. The van der Waals surface area contributed by atoms with Crippen LogP contribution < -0.4 is 5.32 Å². The molecule has 2 atom stereocenters. The highest BCUT2D eigenvalue weighted by molar-refractivity contribution is 5.81. The summed E-state index contributed by atoms with van der Waals surface area (Å²) in [5.74, 6) is 0.933. The van der Waals surface area contributed by atoms with Gasteiger partial charge in [0.05, 0.1) is 5.52 Å². The molecule has 2 heteroatoms. The molecule has 0 bridgehead atoms. The van der Waals surface area contributed by atoms with Gasteiger partial charge in [-0.1, -0.05) is 37.6 Å². The van der Waals surface area contributed by atoms with Crippen LogP contribution >= 0.6 is 0 Å². The van der Waals surface area contributed by atoms with Crippen LogP contribution in [-0.2, 0) is 6.54 Å². The monoisotopic (exact) mass is 254 g/mol. The van der Waals surface area contributed by atoms with E-state index in [2.05, 4.69) is 41.5 Å². The van der Waals surface area contributed by atoms with E-state index in [9.17, 15) is 0 Å². The zero-order valence-corrected chi connectivity index (χ0v) is 11.6. The third kappa shape index (κ3) is 2.79. The standard InChI is InChI=1S/C17H22N2/c1-2-13-8-9-16(11-13)19-12-15-6-3-5-14-7-4-10-18-17(14)15/h3-7,10,13,16,19H,2,8-9,11-12H2,1H3. The summed E-state index contributed by atoms with van der Waals surface area (Å²) in [6, 6.07) is 11.3. The molecule has 1 fully saturated rings. The molecule has 0 spiro atoms. The van der Waals surface area contributed by atoms with Gasteiger partial charge in [0.15, 0.2) is 0 Å². The van der Waals surface area contributed by atoms with Gasteiger partial charge in [0.2, 0.25) is 0 Å². The minimum Gasteiger partial charge on any atom is -0.310 e. The first-order valence-electron chi connectivity index (χ1n) is 7.43. The SMILES string of the molecule is CCC1CCC(NCc2cccc3cccnc23)C1. The van der Waals surface area contributed by atoms with E-state index in [-0.39, 0.29) is 0 Å². The Morgan fingerprint density at radius 1 is 1.21 bits per heavy atom. The van der Waals surface area contributed by atoms with E-state index >= 15 is 0 Å². The van der Waals surface area contributed by atoms with Crippen LogP contribution in [-0.4, -0.2) is 11.0 Å². The molecule has 2 unspecified atom stereocenters. The minimum atomic E-state index is 0.698. The van der Waals surface area contributed by atoms with Crippen molar-refractivity contribution in [1.82, 2.24) is 10.3 Å². The highest BCUT2D eigenvalue weighted by atomic mass is 14.9. The predicted octanol–water partition coefficient (Wildman–Crippen LogP) is 3.90. The summed E-state index contributed by atoms with van der Waals surface area (Å²) in [7, 11) is 0. The molecule has 2 nitrogen and oxygen atoms in total. The van der Waals surface area contributed by atoms with E-state index in [1.165, 1.54) is 36.6 Å². The number of rotatable bonds is 4. The molecule has 1 saturated carbocycles. The van der Waals surface area contributed by atoms with Gasteiger partial charge in [0.25, 0.3) is 0 Å². The highest BCUT2D eigenvalue weighted by Crippen LogP contribution is 2.28. The van der Waals surface area contributed by atoms with Gasteiger partial charge in [0.1, 0.15) is 0 Å². The van der Waals surface area contributed by atoms with E-state index < -0.39 is 0 Å². The lowest BCUT2D eigenvalue weighted by Crippen LogP contribution is -2.26. The lowest BCUT2D eigenvalue weighted by Gasteiger charge is -2.13. The predicted molar refractivity (Wildman–Crippen MR) is 80.0 cm³/mol. The summed E-state index contributed by atoms with van der Waals surface area (Å²) in [6.07, 6.45) is 7.27. The average molecular weight is 254 g/mol. The van der Waals surface area contributed by atoms with Gasteiger partial charge in [-0.15, -0.1) is 0 Å². The molecule has 2 aromatic rings. The fraction of sp³-hybridized carbons (Fsp3) is 0.471. The Morgan fingerprint density at radius 3 is 2.95 bits per heavy atom. The third-order valence-electron chi connectivity index (χ3n) is 4.42. The smallest absolute Gasteiger partial charge is 0.0746 e. The van der Waals surface area contributed by atoms with Crippen LogP contribution in [0.5, 0.6) is 0 Å². The Bertz CT molecular complexity index is 544. The molecule has 0 saturated heterocycles. The number of aromatic nitrogens is 1. The molecule has 1 aliphatic carbocycles. The topological polar surface area (TPSA) is 24.9 Å². The molecule has 0 amide bonds. The number of para-hydroxylation sites is 1. The maximum atomic E-state index is 4.52. The number of pyridine rings is 1. The molecule has 100 valence electrons. The summed E-state index contributed by atoms with van der Waals surface area (Å²) in [4.78, 5) is 4.52. The first-order valence-corrected chi connectivity index (χ1v) is 7.43. The molecule has 3 rings (SSSR count). The van der Waals surface area contributed by atoms with Crippen LogP contribution in [0.2, 0.25) is 0 Å². The largest absolute Gasteiger partial charge is 0.310 e. The minimum absolute atomic E-state index is 0.698. The van der Waals surface area contributed by atoms with Crippen molar-refractivity contribution in [2.75, 3.05) is 0 Å². The van der Waals surface area contributed by atoms with Crippen LogP contribution in [0.15, 0.2) is 36.5 Å². The van der Waals surface area contributed by atoms with Crippen molar-refractivity contribution < 1.29 is 0 Å². The number of fused-ring (bicyclic) bond motifs is 1. The van der Waals surface area contributed by atoms with Crippen LogP contribution in [0.25, 0.3) is 10.9 Å². The molecule has 0 radical (unpaired) electrons. The molecule has 1 aliphatic rings. The first kappa shape index (κ1) is 12.6. The molecule has 1 aromatic heterocycles. The van der Waals surface area contributed by atoms with Crippen molar-refractivity contribution in [2.24, 2.45) is 5.92 Å². The Hall–Kier alpha value is -1.41. The molecule has 1 N–H and O–H groups in total.